The lowest BCUT2D eigenvalue weighted by atomic mass is 10.0. The van der Waals surface area contributed by atoms with Gasteiger partial charge in [0.2, 0.25) is 5.91 Å². The zero-order valence-corrected chi connectivity index (χ0v) is 28.1. The summed E-state index contributed by atoms with van der Waals surface area (Å²) in [5, 5.41) is 13.2. The molecule has 1 aromatic heterocycles. The molecule has 1 aromatic carbocycles. The first-order valence-corrected chi connectivity index (χ1v) is 18.7. The summed E-state index contributed by atoms with van der Waals surface area (Å²) in [6.45, 7) is 14.1. The van der Waals surface area contributed by atoms with E-state index in [1.165, 1.54) is 4.90 Å². The summed E-state index contributed by atoms with van der Waals surface area (Å²) >= 11 is 9.73. The SMILES string of the molecule is CC(C)(C)N(Cc1ccc(Cl)cc1CNC(=O)C1CCCN1C(=O)c1cc(Br)cn1COCC[Si](C)(C)C)C(=O)O. The largest absolute Gasteiger partial charge is 0.465 e. The lowest BCUT2D eigenvalue weighted by molar-refractivity contribution is -0.125. The van der Waals surface area contributed by atoms with E-state index >= 15 is 0 Å². The van der Waals surface area contributed by atoms with Gasteiger partial charge in [0.1, 0.15) is 18.5 Å². The van der Waals surface area contributed by atoms with E-state index in [0.717, 1.165) is 28.1 Å². The van der Waals surface area contributed by atoms with E-state index in [4.69, 9.17) is 16.3 Å². The topological polar surface area (TPSA) is 104 Å². The van der Waals surface area contributed by atoms with Crippen LogP contribution in [0.5, 0.6) is 0 Å². The number of benzene rings is 1. The maximum absolute atomic E-state index is 13.6. The van der Waals surface area contributed by atoms with Gasteiger partial charge in [-0.3, -0.25) is 14.5 Å². The highest BCUT2D eigenvalue weighted by Crippen LogP contribution is 2.25. The first kappa shape index (κ1) is 33.2. The van der Waals surface area contributed by atoms with Crippen molar-refractivity contribution in [3.8, 4) is 0 Å². The smallest absolute Gasteiger partial charge is 0.408 e. The number of nitrogens with zero attached hydrogens (tertiary/aromatic N) is 3. The molecule has 0 radical (unpaired) electrons. The Morgan fingerprint density at radius 2 is 1.90 bits per heavy atom. The molecule has 2 heterocycles. The monoisotopic (exact) mass is 668 g/mol. The molecule has 1 atom stereocenters. The highest BCUT2D eigenvalue weighted by molar-refractivity contribution is 9.10. The number of hydrogen-bond acceptors (Lipinski definition) is 4. The van der Waals surface area contributed by atoms with Crippen LogP contribution in [-0.2, 0) is 29.4 Å². The van der Waals surface area contributed by atoms with Gasteiger partial charge in [-0.1, -0.05) is 37.3 Å². The third kappa shape index (κ3) is 9.32. The summed E-state index contributed by atoms with van der Waals surface area (Å²) in [5.41, 5.74) is 1.34. The molecule has 1 aliphatic heterocycles. The Bertz CT molecular complexity index is 1260. The number of carbonyl (C=O) groups is 3. The van der Waals surface area contributed by atoms with Crippen LogP contribution in [0.4, 0.5) is 4.79 Å². The second kappa shape index (κ2) is 13.8. The van der Waals surface area contributed by atoms with Crippen LogP contribution in [0, 0.1) is 0 Å². The molecule has 1 aliphatic rings. The van der Waals surface area contributed by atoms with Gasteiger partial charge < -0.3 is 24.6 Å². The van der Waals surface area contributed by atoms with Gasteiger partial charge in [0, 0.05) is 55.5 Å². The highest BCUT2D eigenvalue weighted by Gasteiger charge is 2.36. The Morgan fingerprint density at radius 1 is 1.20 bits per heavy atom. The van der Waals surface area contributed by atoms with Gasteiger partial charge in [0.25, 0.3) is 5.91 Å². The number of aromatic nitrogens is 1. The third-order valence-electron chi connectivity index (χ3n) is 7.12. The lowest BCUT2D eigenvalue weighted by Gasteiger charge is -2.33. The van der Waals surface area contributed by atoms with Gasteiger partial charge >= 0.3 is 6.09 Å². The maximum Gasteiger partial charge on any atom is 0.408 e. The molecule has 0 aliphatic carbocycles. The number of likely N-dealkylation sites (tertiary alicyclic amines) is 1. The minimum atomic E-state index is -1.23. The second-order valence-corrected chi connectivity index (χ2v) is 19.7. The van der Waals surface area contributed by atoms with Crippen LogP contribution in [0.25, 0.3) is 0 Å². The van der Waals surface area contributed by atoms with Gasteiger partial charge in [-0.25, -0.2) is 4.79 Å². The molecular formula is C29H42BrClN4O5Si. The molecule has 2 aromatic rings. The second-order valence-electron chi connectivity index (χ2n) is 12.7. The number of rotatable bonds is 11. The summed E-state index contributed by atoms with van der Waals surface area (Å²) in [6.07, 6.45) is 2.08. The van der Waals surface area contributed by atoms with E-state index in [9.17, 15) is 19.5 Å². The van der Waals surface area contributed by atoms with Crippen LogP contribution < -0.4 is 5.32 Å². The molecule has 0 spiro atoms. The first-order valence-electron chi connectivity index (χ1n) is 13.9. The fourth-order valence-electron chi connectivity index (χ4n) is 4.71. The van der Waals surface area contributed by atoms with E-state index in [2.05, 4.69) is 40.9 Å². The van der Waals surface area contributed by atoms with Crippen LogP contribution in [0.3, 0.4) is 0 Å². The fourth-order valence-corrected chi connectivity index (χ4v) is 6.12. The van der Waals surface area contributed by atoms with Gasteiger partial charge in [0.15, 0.2) is 0 Å². The molecular weight excluding hydrogens is 628 g/mol. The van der Waals surface area contributed by atoms with Crippen LogP contribution in [-0.4, -0.2) is 70.2 Å². The summed E-state index contributed by atoms with van der Waals surface area (Å²) in [6, 6.07) is 7.43. The third-order valence-corrected chi connectivity index (χ3v) is 9.49. The molecule has 3 amide bonds. The predicted molar refractivity (Wildman–Crippen MR) is 167 cm³/mol. The Balaban J connectivity index is 1.70. The molecule has 41 heavy (non-hydrogen) atoms. The summed E-state index contributed by atoms with van der Waals surface area (Å²) in [7, 11) is -1.23. The Kier molecular flexibility index (Phi) is 11.1. The molecule has 0 saturated carbocycles. The van der Waals surface area contributed by atoms with Crippen LogP contribution >= 0.6 is 27.5 Å². The van der Waals surface area contributed by atoms with Crippen LogP contribution in [0.15, 0.2) is 34.9 Å². The number of nitrogens with one attached hydrogen (secondary N) is 1. The van der Waals surface area contributed by atoms with E-state index in [-0.39, 0.29) is 31.6 Å². The number of ether oxygens (including phenoxy) is 1. The van der Waals surface area contributed by atoms with Crippen molar-refractivity contribution < 1.29 is 24.2 Å². The fraction of sp³-hybridized carbons (Fsp3) is 0.552. The van der Waals surface area contributed by atoms with Crippen LogP contribution in [0.1, 0.15) is 55.2 Å². The molecule has 1 saturated heterocycles. The summed E-state index contributed by atoms with van der Waals surface area (Å²) in [4.78, 5) is 41.9. The molecule has 9 nitrogen and oxygen atoms in total. The van der Waals surface area contributed by atoms with E-state index in [1.807, 2.05) is 27.0 Å². The normalized spacial score (nSPS) is 15.7. The lowest BCUT2D eigenvalue weighted by Crippen LogP contribution is -2.46. The number of amides is 3. The van der Waals surface area contributed by atoms with Crippen molar-refractivity contribution in [2.45, 2.75) is 90.7 Å². The Hall–Kier alpha value is -2.34. The van der Waals surface area contributed by atoms with Gasteiger partial charge in [0.05, 0.1) is 0 Å². The predicted octanol–water partition coefficient (Wildman–Crippen LogP) is 6.42. The van der Waals surface area contributed by atoms with E-state index < -0.39 is 25.7 Å². The molecule has 1 unspecified atom stereocenters. The molecule has 226 valence electrons. The van der Waals surface area contributed by atoms with Gasteiger partial charge in [-0.2, -0.15) is 0 Å². The molecule has 12 heteroatoms. The Labute approximate surface area is 257 Å². The van der Waals surface area contributed by atoms with E-state index in [0.29, 0.717) is 30.3 Å². The maximum atomic E-state index is 13.6. The quantitative estimate of drug-likeness (QED) is 0.213. The summed E-state index contributed by atoms with van der Waals surface area (Å²) < 4.78 is 8.44. The van der Waals surface area contributed by atoms with Gasteiger partial charge in [-0.15, -0.1) is 0 Å². The first-order chi connectivity index (χ1) is 19.1. The zero-order valence-electron chi connectivity index (χ0n) is 24.8. The molecule has 3 rings (SSSR count). The average molecular weight is 670 g/mol. The number of halogens is 2. The van der Waals surface area contributed by atoms with Gasteiger partial charge in [-0.05, 0) is 84.9 Å². The number of carboxylic acid groups (broad SMARTS) is 1. The molecule has 1 fully saturated rings. The van der Waals surface area contributed by atoms with E-state index in [1.54, 1.807) is 33.7 Å². The Morgan fingerprint density at radius 3 is 2.54 bits per heavy atom. The minimum Gasteiger partial charge on any atom is -0.465 e. The average Bonchev–Trinajstić information content (AvgIpc) is 3.49. The van der Waals surface area contributed by atoms with Crippen molar-refractivity contribution in [1.82, 2.24) is 19.7 Å². The van der Waals surface area contributed by atoms with Crippen molar-refractivity contribution >= 4 is 53.5 Å². The standard InChI is InChI=1S/C29H42BrClN4O5Si/c1-29(2,3)35(28(38)39)17-20-9-10-23(31)14-21(20)16-32-26(36)24-8-7-11-34(24)27(37)25-15-22(30)18-33(25)19-40-12-13-41(4,5)6/h9-10,14-15,18,24H,7-8,11-13,16-17,19H2,1-6H3,(H,32,36)(H,38,39). The number of carbonyl (C=O) groups excluding carboxylic acids is 2. The molecule has 0 bridgehead atoms. The van der Waals surface area contributed by atoms with Crippen molar-refractivity contribution in [3.63, 3.8) is 0 Å². The van der Waals surface area contributed by atoms with Crippen LogP contribution in [0.2, 0.25) is 30.7 Å². The molecule has 2 N–H and O–H groups in total. The minimum absolute atomic E-state index is 0.154. The van der Waals surface area contributed by atoms with Crippen molar-refractivity contribution in [3.05, 3.63) is 56.8 Å². The van der Waals surface area contributed by atoms with Crippen molar-refractivity contribution in [1.29, 1.82) is 0 Å². The van der Waals surface area contributed by atoms with Crippen molar-refractivity contribution in [2.24, 2.45) is 0 Å². The summed E-state index contributed by atoms with van der Waals surface area (Å²) in [5.74, 6) is -0.468. The number of hydrogen-bond donors (Lipinski definition) is 2. The highest BCUT2D eigenvalue weighted by atomic mass is 79.9. The van der Waals surface area contributed by atoms with Crippen molar-refractivity contribution in [2.75, 3.05) is 13.2 Å². The zero-order chi connectivity index (χ0) is 30.5.